The van der Waals surface area contributed by atoms with Gasteiger partial charge in [0.2, 0.25) is 0 Å². The van der Waals surface area contributed by atoms with Crippen molar-refractivity contribution >= 4 is 5.69 Å². The highest BCUT2D eigenvalue weighted by molar-refractivity contribution is 5.76. The summed E-state index contributed by atoms with van der Waals surface area (Å²) >= 11 is 0. The fourth-order valence-electron chi connectivity index (χ4n) is 1.30. The molecule has 0 radical (unpaired) electrons. The molecule has 2 aromatic rings. The van der Waals surface area contributed by atoms with Gasteiger partial charge in [0.05, 0.1) is 17.5 Å². The second-order valence-corrected chi connectivity index (χ2v) is 2.86. The van der Waals surface area contributed by atoms with Gasteiger partial charge in [-0.15, -0.1) is 0 Å². The zero-order chi connectivity index (χ0) is 9.97. The van der Waals surface area contributed by atoms with Crippen LogP contribution in [0.25, 0.3) is 11.3 Å². The van der Waals surface area contributed by atoms with Gasteiger partial charge in [0, 0.05) is 11.3 Å². The normalized spacial score (nSPS) is 9.64. The monoisotopic (exact) mass is 184 g/mol. The summed E-state index contributed by atoms with van der Waals surface area (Å²) in [5.41, 5.74) is 8.39. The van der Waals surface area contributed by atoms with Gasteiger partial charge < -0.3 is 5.73 Å². The average molecular weight is 184 g/mol. The van der Waals surface area contributed by atoms with Crippen LogP contribution in [0.1, 0.15) is 5.56 Å². The first-order chi connectivity index (χ1) is 6.83. The molecule has 0 aliphatic heterocycles. The Morgan fingerprint density at radius 2 is 2.14 bits per heavy atom. The van der Waals surface area contributed by atoms with Crippen LogP contribution in [0.5, 0.6) is 0 Å². The fraction of sp³-hybridized carbons (Fsp3) is 0. The Kier molecular flexibility index (Phi) is 1.92. The van der Waals surface area contributed by atoms with E-state index in [0.29, 0.717) is 16.9 Å². The number of nitrogens with one attached hydrogen (secondary N) is 1. The Hall–Kier alpha value is -2.28. The van der Waals surface area contributed by atoms with Gasteiger partial charge in [-0.2, -0.15) is 10.4 Å². The van der Waals surface area contributed by atoms with E-state index in [-0.39, 0.29) is 0 Å². The summed E-state index contributed by atoms with van der Waals surface area (Å²) in [6.45, 7) is 0. The van der Waals surface area contributed by atoms with Crippen LogP contribution < -0.4 is 5.73 Å². The van der Waals surface area contributed by atoms with Crippen LogP contribution in [0, 0.1) is 11.3 Å². The number of H-pyrrole nitrogens is 1. The van der Waals surface area contributed by atoms with Crippen molar-refractivity contribution in [1.82, 2.24) is 10.2 Å². The van der Waals surface area contributed by atoms with Crippen molar-refractivity contribution in [1.29, 1.82) is 5.26 Å². The predicted octanol–water partition coefficient (Wildman–Crippen LogP) is 1.53. The Balaban J connectivity index is 2.62. The molecule has 0 saturated carbocycles. The summed E-state index contributed by atoms with van der Waals surface area (Å²) in [7, 11) is 0. The number of nitrogens with two attached hydrogens (primary N) is 1. The molecule has 1 heterocycles. The zero-order valence-corrected chi connectivity index (χ0v) is 7.36. The second-order valence-electron chi connectivity index (χ2n) is 2.86. The van der Waals surface area contributed by atoms with Gasteiger partial charge in [0.15, 0.2) is 0 Å². The van der Waals surface area contributed by atoms with Crippen LogP contribution in [0.3, 0.4) is 0 Å². The molecule has 0 amide bonds. The largest absolute Gasteiger partial charge is 0.398 e. The molecule has 2 rings (SSSR count). The molecule has 4 heteroatoms. The third kappa shape index (κ3) is 1.21. The van der Waals surface area contributed by atoms with E-state index in [1.807, 2.05) is 18.2 Å². The molecule has 0 atom stereocenters. The number of nitriles is 1. The van der Waals surface area contributed by atoms with Crippen LogP contribution in [-0.4, -0.2) is 10.2 Å². The van der Waals surface area contributed by atoms with Crippen molar-refractivity contribution in [2.45, 2.75) is 0 Å². The van der Waals surface area contributed by atoms with Crippen LogP contribution in [0.4, 0.5) is 5.69 Å². The molecule has 0 aliphatic carbocycles. The summed E-state index contributed by atoms with van der Waals surface area (Å²) in [6, 6.07) is 9.41. The van der Waals surface area contributed by atoms with E-state index < -0.39 is 0 Å². The van der Waals surface area contributed by atoms with Crippen molar-refractivity contribution in [2.24, 2.45) is 0 Å². The predicted molar refractivity (Wildman–Crippen MR) is 53.2 cm³/mol. The van der Waals surface area contributed by atoms with Crippen molar-refractivity contribution in [3.8, 4) is 17.3 Å². The maximum atomic E-state index is 8.81. The molecule has 4 nitrogen and oxygen atoms in total. The van der Waals surface area contributed by atoms with Crippen LogP contribution in [0.2, 0.25) is 0 Å². The molecular weight excluding hydrogens is 176 g/mol. The van der Waals surface area contributed by atoms with E-state index in [9.17, 15) is 0 Å². The molecule has 0 saturated heterocycles. The maximum absolute atomic E-state index is 8.81. The van der Waals surface area contributed by atoms with Crippen molar-refractivity contribution < 1.29 is 0 Å². The molecule has 14 heavy (non-hydrogen) atoms. The Labute approximate surface area is 81.0 Å². The zero-order valence-electron chi connectivity index (χ0n) is 7.36. The van der Waals surface area contributed by atoms with Gasteiger partial charge in [0.1, 0.15) is 6.07 Å². The number of nitrogen functional groups attached to an aromatic ring is 1. The van der Waals surface area contributed by atoms with Gasteiger partial charge in [0.25, 0.3) is 0 Å². The molecule has 68 valence electrons. The van der Waals surface area contributed by atoms with Crippen molar-refractivity contribution in [3.05, 3.63) is 36.0 Å². The van der Waals surface area contributed by atoms with Gasteiger partial charge in [-0.05, 0) is 6.07 Å². The van der Waals surface area contributed by atoms with Crippen LogP contribution >= 0.6 is 0 Å². The number of hydrogen-bond donors (Lipinski definition) is 2. The van der Waals surface area contributed by atoms with E-state index in [0.717, 1.165) is 5.56 Å². The minimum atomic E-state index is 0.503. The number of benzene rings is 1. The third-order valence-electron chi connectivity index (χ3n) is 1.99. The van der Waals surface area contributed by atoms with Crippen LogP contribution in [0.15, 0.2) is 30.5 Å². The van der Waals surface area contributed by atoms with Crippen molar-refractivity contribution in [3.63, 3.8) is 0 Å². The lowest BCUT2D eigenvalue weighted by molar-refractivity contribution is 1.10. The highest BCUT2D eigenvalue weighted by Gasteiger charge is 2.08. The van der Waals surface area contributed by atoms with E-state index in [1.165, 1.54) is 6.20 Å². The summed E-state index contributed by atoms with van der Waals surface area (Å²) < 4.78 is 0. The van der Waals surface area contributed by atoms with Gasteiger partial charge in [-0.3, -0.25) is 5.10 Å². The molecular formula is C10H8N4. The van der Waals surface area contributed by atoms with Crippen LogP contribution in [-0.2, 0) is 0 Å². The Morgan fingerprint density at radius 3 is 2.86 bits per heavy atom. The first-order valence-electron chi connectivity index (χ1n) is 4.11. The topological polar surface area (TPSA) is 78.5 Å². The summed E-state index contributed by atoms with van der Waals surface area (Å²) in [5, 5.41) is 15.4. The van der Waals surface area contributed by atoms with Crippen molar-refractivity contribution in [2.75, 3.05) is 5.73 Å². The Morgan fingerprint density at radius 1 is 1.36 bits per heavy atom. The highest BCUT2D eigenvalue weighted by Crippen LogP contribution is 2.25. The minimum Gasteiger partial charge on any atom is -0.398 e. The maximum Gasteiger partial charge on any atom is 0.103 e. The highest BCUT2D eigenvalue weighted by atomic mass is 15.1. The summed E-state index contributed by atoms with van der Waals surface area (Å²) in [4.78, 5) is 0. The number of rotatable bonds is 1. The molecule has 3 N–H and O–H groups in total. The molecule has 1 aromatic heterocycles. The fourth-order valence-corrected chi connectivity index (χ4v) is 1.30. The first-order valence-corrected chi connectivity index (χ1v) is 4.11. The lowest BCUT2D eigenvalue weighted by atomic mass is 10.1. The number of para-hydroxylation sites is 1. The molecule has 0 bridgehead atoms. The van der Waals surface area contributed by atoms with Gasteiger partial charge in [-0.25, -0.2) is 0 Å². The molecule has 1 aromatic carbocycles. The first kappa shape index (κ1) is 8.32. The molecule has 0 unspecified atom stereocenters. The SMILES string of the molecule is N#Cc1cn[nH]c1-c1ccccc1N. The second kappa shape index (κ2) is 3.23. The molecule has 0 fully saturated rings. The number of hydrogen-bond acceptors (Lipinski definition) is 3. The lowest BCUT2D eigenvalue weighted by Crippen LogP contribution is -1.90. The Bertz CT molecular complexity index is 493. The van der Waals surface area contributed by atoms with Gasteiger partial charge >= 0.3 is 0 Å². The smallest absolute Gasteiger partial charge is 0.103 e. The number of nitrogens with zero attached hydrogens (tertiary/aromatic N) is 2. The number of anilines is 1. The van der Waals surface area contributed by atoms with E-state index in [4.69, 9.17) is 11.0 Å². The molecule has 0 aliphatic rings. The standard InChI is InChI=1S/C10H8N4/c11-5-7-6-13-14-10(7)8-3-1-2-4-9(8)12/h1-4,6H,12H2,(H,13,14). The molecule has 0 spiro atoms. The third-order valence-corrected chi connectivity index (χ3v) is 1.99. The lowest BCUT2D eigenvalue weighted by Gasteiger charge is -2.01. The summed E-state index contributed by atoms with van der Waals surface area (Å²) in [5.74, 6) is 0. The quantitative estimate of drug-likeness (QED) is 0.659. The number of aromatic amines is 1. The van der Waals surface area contributed by atoms with E-state index in [1.54, 1.807) is 6.07 Å². The van der Waals surface area contributed by atoms with E-state index >= 15 is 0 Å². The average Bonchev–Trinajstić information content (AvgIpc) is 2.66. The van der Waals surface area contributed by atoms with Gasteiger partial charge in [-0.1, -0.05) is 18.2 Å². The van der Waals surface area contributed by atoms with E-state index in [2.05, 4.69) is 16.3 Å². The minimum absolute atomic E-state index is 0.503. The number of aromatic nitrogens is 2. The summed E-state index contributed by atoms with van der Waals surface area (Å²) in [6.07, 6.45) is 1.49.